The third-order valence-electron chi connectivity index (χ3n) is 8.28. The maximum atomic E-state index is 14.4. The number of thiazole rings is 1. The van der Waals surface area contributed by atoms with Crippen LogP contribution >= 0.6 is 34.5 Å². The van der Waals surface area contributed by atoms with Gasteiger partial charge in [-0.15, -0.1) is 0 Å². The molecule has 0 aliphatic carbocycles. The van der Waals surface area contributed by atoms with E-state index in [9.17, 15) is 9.59 Å². The van der Waals surface area contributed by atoms with Gasteiger partial charge in [-0.05, 0) is 82.2 Å². The van der Waals surface area contributed by atoms with Gasteiger partial charge in [0.05, 0.1) is 41.7 Å². The summed E-state index contributed by atoms with van der Waals surface area (Å²) in [5.41, 5.74) is 5.00. The fourth-order valence-corrected chi connectivity index (χ4v) is 7.60. The number of allylic oxidation sites excluding steroid dienone is 1. The molecule has 3 aromatic carbocycles. The van der Waals surface area contributed by atoms with Gasteiger partial charge in [-0.2, -0.15) is 0 Å². The van der Waals surface area contributed by atoms with Crippen molar-refractivity contribution in [3.05, 3.63) is 124 Å². The van der Waals surface area contributed by atoms with Gasteiger partial charge in [0.15, 0.2) is 16.3 Å². The number of nitrogens with zero attached hydrogens (tertiary/aromatic N) is 3. The first-order chi connectivity index (χ1) is 23.0. The van der Waals surface area contributed by atoms with Gasteiger partial charge in [0, 0.05) is 38.8 Å². The summed E-state index contributed by atoms with van der Waals surface area (Å²) in [7, 11) is 1.56. The Labute approximate surface area is 292 Å². The number of fused-ring (bicyclic) bond motifs is 2. The van der Waals surface area contributed by atoms with E-state index in [-0.39, 0.29) is 18.3 Å². The predicted molar refractivity (Wildman–Crippen MR) is 191 cm³/mol. The lowest BCUT2D eigenvalue weighted by molar-refractivity contribution is -0.139. The maximum Gasteiger partial charge on any atom is 0.338 e. The molecule has 8 nitrogen and oxygen atoms in total. The number of methoxy groups -OCH3 is 1. The van der Waals surface area contributed by atoms with Crippen LogP contribution in [-0.2, 0) is 16.1 Å². The van der Waals surface area contributed by atoms with E-state index < -0.39 is 12.0 Å². The Kier molecular flexibility index (Phi) is 9.56. The van der Waals surface area contributed by atoms with Crippen molar-refractivity contribution in [2.75, 3.05) is 13.7 Å². The summed E-state index contributed by atoms with van der Waals surface area (Å²) in [6, 6.07) is 18.2. The summed E-state index contributed by atoms with van der Waals surface area (Å²) in [6.45, 7) is 10.1. The summed E-state index contributed by atoms with van der Waals surface area (Å²) >= 11 is 14.0. The molecule has 0 saturated carbocycles. The largest absolute Gasteiger partial charge is 0.493 e. The highest BCUT2D eigenvalue weighted by molar-refractivity contribution is 7.07. The van der Waals surface area contributed by atoms with Crippen LogP contribution in [0.5, 0.6) is 11.5 Å². The van der Waals surface area contributed by atoms with E-state index in [0.29, 0.717) is 54.3 Å². The third kappa shape index (κ3) is 6.18. The number of carbonyl (C=O) groups excluding carboxylic acids is 1. The summed E-state index contributed by atoms with van der Waals surface area (Å²) in [6.07, 6.45) is 1.85. The molecule has 0 bridgehead atoms. The molecule has 248 valence electrons. The molecular weight excluding hydrogens is 669 g/mol. The first-order valence-electron chi connectivity index (χ1n) is 15.6. The number of carbonyl (C=O) groups is 1. The molecule has 0 N–H and O–H groups in total. The van der Waals surface area contributed by atoms with Gasteiger partial charge >= 0.3 is 5.97 Å². The Morgan fingerprint density at radius 3 is 2.54 bits per heavy atom. The van der Waals surface area contributed by atoms with E-state index in [0.717, 1.165) is 27.7 Å². The van der Waals surface area contributed by atoms with Gasteiger partial charge < -0.3 is 18.8 Å². The molecule has 3 heterocycles. The zero-order valence-electron chi connectivity index (χ0n) is 27.5. The van der Waals surface area contributed by atoms with Crippen LogP contribution in [0.25, 0.3) is 17.0 Å². The number of esters is 1. The molecule has 2 aromatic heterocycles. The van der Waals surface area contributed by atoms with Crippen molar-refractivity contribution in [3.8, 4) is 11.5 Å². The van der Waals surface area contributed by atoms with Crippen molar-refractivity contribution in [1.82, 2.24) is 9.13 Å². The smallest absolute Gasteiger partial charge is 0.338 e. The van der Waals surface area contributed by atoms with Crippen molar-refractivity contribution < 1.29 is 19.0 Å². The molecule has 0 fully saturated rings. The van der Waals surface area contributed by atoms with Crippen LogP contribution < -0.4 is 24.4 Å². The lowest BCUT2D eigenvalue weighted by Gasteiger charge is -2.25. The lowest BCUT2D eigenvalue weighted by Crippen LogP contribution is -2.40. The second kappa shape index (κ2) is 13.7. The number of rotatable bonds is 9. The Hall–Kier alpha value is -4.31. The molecule has 11 heteroatoms. The van der Waals surface area contributed by atoms with Crippen LogP contribution in [0, 0.1) is 6.92 Å². The molecule has 0 saturated heterocycles. The second-order valence-corrected chi connectivity index (χ2v) is 13.6. The normalized spacial score (nSPS) is 14.8. The van der Waals surface area contributed by atoms with Crippen molar-refractivity contribution in [1.29, 1.82) is 0 Å². The first kappa shape index (κ1) is 33.6. The van der Waals surface area contributed by atoms with Crippen molar-refractivity contribution >= 4 is 57.5 Å². The first-order valence-corrected chi connectivity index (χ1v) is 17.2. The molecule has 6 rings (SSSR count). The number of benzene rings is 3. The number of para-hydroxylation sites is 1. The van der Waals surface area contributed by atoms with Crippen LogP contribution in [0.4, 0.5) is 0 Å². The molecule has 0 radical (unpaired) electrons. The minimum atomic E-state index is -0.793. The number of hydrogen-bond acceptors (Lipinski definition) is 7. The van der Waals surface area contributed by atoms with Gasteiger partial charge in [-0.25, -0.2) is 9.79 Å². The van der Waals surface area contributed by atoms with Crippen LogP contribution in [-0.4, -0.2) is 34.9 Å². The molecule has 1 atom stereocenters. The second-order valence-electron chi connectivity index (χ2n) is 11.7. The van der Waals surface area contributed by atoms with E-state index in [1.54, 1.807) is 43.7 Å². The van der Waals surface area contributed by atoms with Crippen LogP contribution in [0.15, 0.2) is 81.7 Å². The lowest BCUT2D eigenvalue weighted by atomic mass is 9.95. The van der Waals surface area contributed by atoms with E-state index in [1.165, 1.54) is 11.3 Å². The van der Waals surface area contributed by atoms with Gasteiger partial charge in [-0.3, -0.25) is 9.36 Å². The topological polar surface area (TPSA) is 84.1 Å². The fourth-order valence-electron chi connectivity index (χ4n) is 6.11. The minimum absolute atomic E-state index is 0.0720. The van der Waals surface area contributed by atoms with Gasteiger partial charge in [0.2, 0.25) is 0 Å². The van der Waals surface area contributed by atoms with Crippen LogP contribution in [0.1, 0.15) is 56.1 Å². The molecule has 1 aliphatic heterocycles. The standard InChI is InChI=1S/C37H35Cl2N3O5S/c1-7-46-36(44)33-21(4)40-37-42(34(33)23-13-15-30(47-20(2)3)31(16-23)45-6)35(43)32(48-37)18-27-22(5)41(29-11-9-8-10-26(27)29)19-24-12-14-25(38)17-28(24)39/h8-18,20,34H,7,19H2,1-6H3/b32-18+/t34-/m0/s1. The van der Waals surface area contributed by atoms with E-state index in [1.807, 2.05) is 63.2 Å². The Morgan fingerprint density at radius 2 is 1.83 bits per heavy atom. The number of ether oxygens (including phenoxy) is 3. The monoisotopic (exact) mass is 703 g/mol. The Balaban J connectivity index is 1.54. The number of halogens is 2. The molecule has 48 heavy (non-hydrogen) atoms. The summed E-state index contributed by atoms with van der Waals surface area (Å²) < 4.78 is 21.3. The van der Waals surface area contributed by atoms with E-state index in [2.05, 4.69) is 10.6 Å². The highest BCUT2D eigenvalue weighted by Crippen LogP contribution is 2.37. The average Bonchev–Trinajstić information content (AvgIpc) is 3.49. The zero-order chi connectivity index (χ0) is 34.3. The Bertz CT molecular complexity index is 2280. The van der Waals surface area contributed by atoms with Gasteiger partial charge in [-0.1, -0.05) is 64.9 Å². The van der Waals surface area contributed by atoms with E-state index in [4.69, 9.17) is 42.4 Å². The fraction of sp³-hybridized carbons (Fsp3) is 0.270. The van der Waals surface area contributed by atoms with E-state index >= 15 is 0 Å². The number of aromatic nitrogens is 2. The highest BCUT2D eigenvalue weighted by atomic mass is 35.5. The summed E-state index contributed by atoms with van der Waals surface area (Å²) in [4.78, 5) is 33.1. The predicted octanol–water partition coefficient (Wildman–Crippen LogP) is 7.21. The van der Waals surface area contributed by atoms with Crippen molar-refractivity contribution in [2.24, 2.45) is 4.99 Å². The van der Waals surface area contributed by atoms with Gasteiger partial charge in [0.25, 0.3) is 5.56 Å². The Morgan fingerprint density at radius 1 is 1.06 bits per heavy atom. The van der Waals surface area contributed by atoms with Gasteiger partial charge in [0.1, 0.15) is 0 Å². The van der Waals surface area contributed by atoms with Crippen LogP contribution in [0.3, 0.4) is 0 Å². The molecular formula is C37H35Cl2N3O5S. The number of hydrogen-bond donors (Lipinski definition) is 0. The average molecular weight is 705 g/mol. The summed E-state index contributed by atoms with van der Waals surface area (Å²) in [5.74, 6) is 0.526. The van der Waals surface area contributed by atoms with Crippen molar-refractivity contribution in [3.63, 3.8) is 0 Å². The zero-order valence-corrected chi connectivity index (χ0v) is 29.8. The maximum absolute atomic E-state index is 14.4. The minimum Gasteiger partial charge on any atom is -0.493 e. The molecule has 0 amide bonds. The highest BCUT2D eigenvalue weighted by Gasteiger charge is 2.34. The van der Waals surface area contributed by atoms with Crippen LogP contribution in [0.2, 0.25) is 10.0 Å². The quantitative estimate of drug-likeness (QED) is 0.152. The molecule has 5 aromatic rings. The third-order valence-corrected chi connectivity index (χ3v) is 9.85. The summed E-state index contributed by atoms with van der Waals surface area (Å²) in [5, 5.41) is 2.16. The molecule has 0 unspecified atom stereocenters. The SMILES string of the molecule is CCOC(=O)C1=C(C)N=c2s/c(=C/c3c(C)n(Cc4ccc(Cl)cc4Cl)c4ccccc34)c(=O)n2[C@H]1c1ccc(OC(C)C)c(OC)c1. The molecule has 0 spiro atoms. The van der Waals surface area contributed by atoms with Crippen molar-refractivity contribution in [2.45, 2.75) is 53.3 Å². The molecule has 1 aliphatic rings.